The Hall–Kier alpha value is -1.66. The largest absolute Gasteiger partial charge is 0.273 e. The van der Waals surface area contributed by atoms with E-state index in [9.17, 15) is 9.59 Å². The van der Waals surface area contributed by atoms with Gasteiger partial charge in [-0.1, -0.05) is 71.4 Å². The fraction of sp³-hybridized carbons (Fsp3) is 0.0556. The molecule has 3 rings (SSSR count). The Morgan fingerprint density at radius 3 is 2.40 bits per heavy atom. The van der Waals surface area contributed by atoms with Gasteiger partial charge in [-0.2, -0.15) is 0 Å². The summed E-state index contributed by atoms with van der Waals surface area (Å²) in [6.45, 7) is 1.81. The minimum atomic E-state index is -0.473. The van der Waals surface area contributed by atoms with Crippen LogP contribution in [-0.2, 0) is 4.79 Å². The summed E-state index contributed by atoms with van der Waals surface area (Å²) in [5, 5.41) is 0.839. The molecule has 0 spiro atoms. The zero-order chi connectivity index (χ0) is 18.1. The Labute approximate surface area is 164 Å². The summed E-state index contributed by atoms with van der Waals surface area (Å²) in [5.74, 6) is -0.909. The molecular formula is C18H11Cl2NO2S2. The smallest absolute Gasteiger partial charge is 0.268 e. The van der Waals surface area contributed by atoms with E-state index in [2.05, 4.69) is 0 Å². The summed E-state index contributed by atoms with van der Waals surface area (Å²) in [5.41, 5.74) is 1.74. The number of thioether (sulfide) groups is 1. The van der Waals surface area contributed by atoms with Crippen molar-refractivity contribution in [2.75, 3.05) is 0 Å². The first kappa shape index (κ1) is 18.1. The van der Waals surface area contributed by atoms with E-state index in [4.69, 9.17) is 35.4 Å². The lowest BCUT2D eigenvalue weighted by molar-refractivity contribution is -0.120. The summed E-state index contributed by atoms with van der Waals surface area (Å²) < 4.78 is 0.188. The van der Waals surface area contributed by atoms with E-state index >= 15 is 0 Å². The maximum atomic E-state index is 12.7. The summed E-state index contributed by atoms with van der Waals surface area (Å²) in [6.07, 6.45) is 1.56. The highest BCUT2D eigenvalue weighted by molar-refractivity contribution is 8.26. The molecule has 0 atom stereocenters. The predicted molar refractivity (Wildman–Crippen MR) is 107 cm³/mol. The van der Waals surface area contributed by atoms with Crippen molar-refractivity contribution in [1.29, 1.82) is 0 Å². The number of carbonyl (C=O) groups excluding carboxylic acids is 2. The molecule has 2 aromatic carbocycles. The molecular weight excluding hydrogens is 397 g/mol. The van der Waals surface area contributed by atoms with E-state index in [-0.39, 0.29) is 4.32 Å². The number of nitrogens with zero attached hydrogens (tertiary/aromatic N) is 1. The van der Waals surface area contributed by atoms with Crippen LogP contribution < -0.4 is 0 Å². The third-order valence-electron chi connectivity index (χ3n) is 3.65. The van der Waals surface area contributed by atoms with Crippen LogP contribution in [0.3, 0.4) is 0 Å². The molecule has 1 aliphatic rings. The normalized spacial score (nSPS) is 16.0. The molecule has 1 heterocycles. The van der Waals surface area contributed by atoms with E-state index < -0.39 is 11.8 Å². The molecule has 1 saturated heterocycles. The molecule has 1 aliphatic heterocycles. The van der Waals surface area contributed by atoms with E-state index in [0.29, 0.717) is 26.1 Å². The lowest BCUT2D eigenvalue weighted by Crippen LogP contribution is -2.35. The van der Waals surface area contributed by atoms with Crippen LogP contribution in [0.5, 0.6) is 0 Å². The summed E-state index contributed by atoms with van der Waals surface area (Å²) in [6, 6.07) is 12.1. The monoisotopic (exact) mass is 407 g/mol. The number of hydrogen-bond donors (Lipinski definition) is 0. The zero-order valence-electron chi connectivity index (χ0n) is 13.0. The Morgan fingerprint density at radius 2 is 1.76 bits per heavy atom. The quantitative estimate of drug-likeness (QED) is 0.382. The van der Waals surface area contributed by atoms with Gasteiger partial charge in [0, 0.05) is 21.2 Å². The molecule has 1 fully saturated rings. The Kier molecular flexibility index (Phi) is 5.29. The summed E-state index contributed by atoms with van der Waals surface area (Å²) in [7, 11) is 0. The molecule has 0 aliphatic carbocycles. The van der Waals surface area contributed by atoms with E-state index in [1.807, 2.05) is 19.1 Å². The second-order valence-corrected chi connectivity index (χ2v) is 7.76. The number of rotatable bonds is 2. The van der Waals surface area contributed by atoms with Gasteiger partial charge in [0.25, 0.3) is 11.8 Å². The van der Waals surface area contributed by atoms with Crippen molar-refractivity contribution in [2.24, 2.45) is 0 Å². The van der Waals surface area contributed by atoms with Crippen LogP contribution in [0.15, 0.2) is 47.4 Å². The van der Waals surface area contributed by atoms with Crippen LogP contribution >= 0.6 is 47.2 Å². The molecule has 0 unspecified atom stereocenters. The minimum Gasteiger partial charge on any atom is -0.268 e. The van der Waals surface area contributed by atoms with Gasteiger partial charge in [0.1, 0.15) is 0 Å². The van der Waals surface area contributed by atoms with Crippen LogP contribution in [-0.4, -0.2) is 21.0 Å². The Balaban J connectivity index is 1.97. The fourth-order valence-corrected chi connectivity index (χ4v) is 4.10. The average molecular weight is 408 g/mol. The molecule has 2 aromatic rings. The number of carbonyl (C=O) groups is 2. The van der Waals surface area contributed by atoms with Crippen molar-refractivity contribution in [3.05, 3.63) is 74.1 Å². The summed E-state index contributed by atoms with van der Waals surface area (Å²) in [4.78, 5) is 26.8. The highest BCUT2D eigenvalue weighted by Crippen LogP contribution is 2.36. The van der Waals surface area contributed by atoms with Gasteiger partial charge >= 0.3 is 0 Å². The molecule has 25 heavy (non-hydrogen) atoms. The van der Waals surface area contributed by atoms with Crippen molar-refractivity contribution in [2.45, 2.75) is 6.92 Å². The Morgan fingerprint density at radius 1 is 1.12 bits per heavy atom. The zero-order valence-corrected chi connectivity index (χ0v) is 16.1. The van der Waals surface area contributed by atoms with Crippen LogP contribution in [0, 0.1) is 6.92 Å². The number of amides is 2. The number of aryl methyl sites for hydroxylation is 1. The average Bonchev–Trinajstić information content (AvgIpc) is 2.85. The minimum absolute atomic E-state index is 0.188. The van der Waals surface area contributed by atoms with Gasteiger partial charge in [-0.15, -0.1) is 0 Å². The van der Waals surface area contributed by atoms with Crippen LogP contribution in [0.25, 0.3) is 6.08 Å². The maximum absolute atomic E-state index is 12.7. The first-order chi connectivity index (χ1) is 11.9. The lowest BCUT2D eigenvalue weighted by atomic mass is 10.1. The first-order valence-electron chi connectivity index (χ1n) is 7.22. The van der Waals surface area contributed by atoms with Gasteiger partial charge in [0.05, 0.1) is 4.91 Å². The summed E-state index contributed by atoms with van der Waals surface area (Å²) >= 11 is 18.6. The number of halogens is 2. The van der Waals surface area contributed by atoms with Crippen molar-refractivity contribution in [3.8, 4) is 0 Å². The van der Waals surface area contributed by atoms with Crippen molar-refractivity contribution in [3.63, 3.8) is 0 Å². The first-order valence-corrected chi connectivity index (χ1v) is 9.20. The molecule has 0 bridgehead atoms. The van der Waals surface area contributed by atoms with Gasteiger partial charge < -0.3 is 0 Å². The van der Waals surface area contributed by atoms with E-state index in [1.54, 1.807) is 36.4 Å². The molecule has 2 amide bonds. The molecule has 3 nitrogen and oxygen atoms in total. The maximum Gasteiger partial charge on any atom is 0.273 e. The third-order valence-corrected chi connectivity index (χ3v) is 5.61. The van der Waals surface area contributed by atoms with E-state index in [0.717, 1.165) is 22.2 Å². The van der Waals surface area contributed by atoms with Gasteiger partial charge in [-0.25, -0.2) is 4.90 Å². The van der Waals surface area contributed by atoms with Gasteiger partial charge in [0.15, 0.2) is 4.32 Å². The molecule has 0 saturated carbocycles. The highest BCUT2D eigenvalue weighted by Gasteiger charge is 2.37. The van der Waals surface area contributed by atoms with Gasteiger partial charge in [-0.3, -0.25) is 9.59 Å². The number of imide groups is 1. The number of thiocarbonyl (C=S) groups is 1. The van der Waals surface area contributed by atoms with Crippen molar-refractivity contribution < 1.29 is 9.59 Å². The molecule has 7 heteroatoms. The van der Waals surface area contributed by atoms with Crippen molar-refractivity contribution in [1.82, 2.24) is 4.90 Å². The third kappa shape index (κ3) is 3.51. The Bertz CT molecular complexity index is 920. The predicted octanol–water partition coefficient (Wildman–Crippen LogP) is 5.34. The van der Waals surface area contributed by atoms with E-state index in [1.165, 1.54) is 0 Å². The second kappa shape index (κ2) is 7.30. The number of hydrogen-bond acceptors (Lipinski definition) is 4. The van der Waals surface area contributed by atoms with Gasteiger partial charge in [-0.05, 0) is 36.8 Å². The molecule has 0 radical (unpaired) electrons. The number of benzene rings is 2. The standard InChI is InChI=1S/C18H11Cl2NO2S2/c1-10-5-2-3-6-11(10)16(22)21-17(23)15(25-18(21)24)9-12-13(19)7-4-8-14(12)20/h2-9H,1H3/b15-9-. The topological polar surface area (TPSA) is 37.4 Å². The molecule has 0 N–H and O–H groups in total. The SMILES string of the molecule is Cc1ccccc1C(=O)N1C(=O)/C(=C/c2c(Cl)cccc2Cl)SC1=S. The molecule has 0 aromatic heterocycles. The fourth-order valence-electron chi connectivity index (χ4n) is 2.36. The molecule has 126 valence electrons. The lowest BCUT2D eigenvalue weighted by Gasteiger charge is -2.13. The van der Waals surface area contributed by atoms with Crippen LogP contribution in [0.2, 0.25) is 10.0 Å². The van der Waals surface area contributed by atoms with Crippen LogP contribution in [0.1, 0.15) is 21.5 Å². The second-order valence-electron chi connectivity index (χ2n) is 5.27. The van der Waals surface area contributed by atoms with Crippen molar-refractivity contribution >= 4 is 69.4 Å². The van der Waals surface area contributed by atoms with Gasteiger partial charge in [0.2, 0.25) is 0 Å². The highest BCUT2D eigenvalue weighted by atomic mass is 35.5. The van der Waals surface area contributed by atoms with Crippen LogP contribution in [0.4, 0.5) is 0 Å².